The van der Waals surface area contributed by atoms with Crippen molar-refractivity contribution in [2.45, 2.75) is 102 Å². The summed E-state index contributed by atoms with van der Waals surface area (Å²) in [5.74, 6) is -0.258. The van der Waals surface area contributed by atoms with Crippen LogP contribution in [-0.4, -0.2) is 45.7 Å². The number of epoxide rings is 1. The van der Waals surface area contributed by atoms with E-state index in [9.17, 15) is 15.0 Å². The molecule has 150 valence electrons. The molecular weight excluding hydrogens is 332 g/mol. The molecule has 0 amide bonds. The van der Waals surface area contributed by atoms with Gasteiger partial charge in [0.1, 0.15) is 0 Å². The van der Waals surface area contributed by atoms with E-state index >= 15 is 0 Å². The number of aliphatic hydroxyl groups excluding tert-OH is 2. The summed E-state index contributed by atoms with van der Waals surface area (Å²) in [7, 11) is 0. The largest absolute Gasteiger partial charge is 0.481 e. The van der Waals surface area contributed by atoms with E-state index in [2.05, 4.69) is 19.1 Å². The number of hydrogen-bond donors (Lipinski definition) is 3. The van der Waals surface area contributed by atoms with E-state index in [-0.39, 0.29) is 36.8 Å². The van der Waals surface area contributed by atoms with Crippen molar-refractivity contribution in [3.63, 3.8) is 0 Å². The maximum Gasteiger partial charge on any atom is 0.303 e. The first-order chi connectivity index (χ1) is 12.5. The van der Waals surface area contributed by atoms with Gasteiger partial charge < -0.3 is 20.1 Å². The van der Waals surface area contributed by atoms with Gasteiger partial charge in [-0.05, 0) is 50.4 Å². The van der Waals surface area contributed by atoms with Gasteiger partial charge in [-0.1, -0.05) is 38.3 Å². The van der Waals surface area contributed by atoms with Gasteiger partial charge in [-0.25, -0.2) is 0 Å². The van der Waals surface area contributed by atoms with Gasteiger partial charge in [0.05, 0.1) is 24.4 Å². The second-order valence-electron chi connectivity index (χ2n) is 7.99. The lowest BCUT2D eigenvalue weighted by Crippen LogP contribution is -2.37. The van der Waals surface area contributed by atoms with Gasteiger partial charge in [0.15, 0.2) is 0 Å². The Hall–Kier alpha value is -0.910. The molecule has 0 spiro atoms. The summed E-state index contributed by atoms with van der Waals surface area (Å²) in [4.78, 5) is 10.5. The van der Waals surface area contributed by atoms with E-state index < -0.39 is 5.97 Å². The van der Waals surface area contributed by atoms with Gasteiger partial charge >= 0.3 is 5.97 Å². The minimum atomic E-state index is -0.749. The number of carbonyl (C=O) groups is 1. The molecule has 6 atom stereocenters. The highest BCUT2D eigenvalue weighted by atomic mass is 16.6. The van der Waals surface area contributed by atoms with Crippen molar-refractivity contribution >= 4 is 5.97 Å². The molecule has 2 fully saturated rings. The topological polar surface area (TPSA) is 90.3 Å². The Kier molecular flexibility index (Phi) is 9.09. The molecule has 0 aromatic heterocycles. The first kappa shape index (κ1) is 21.4. The molecule has 1 saturated heterocycles. The monoisotopic (exact) mass is 368 g/mol. The van der Waals surface area contributed by atoms with Crippen LogP contribution in [0.25, 0.3) is 0 Å². The maximum atomic E-state index is 10.5. The molecule has 1 saturated carbocycles. The van der Waals surface area contributed by atoms with E-state index in [4.69, 9.17) is 9.84 Å². The molecule has 2 aliphatic rings. The van der Waals surface area contributed by atoms with Crippen molar-refractivity contribution in [1.29, 1.82) is 0 Å². The standard InChI is InChI=1S/C21H36O5/c1-2-3-6-9-15(22)12-13-16-17(21-19(26-21)14-18(16)23)10-7-4-5-8-11-20(24)25/h4,7,15-19,21-23H,2-3,5-6,8-14H2,1H3,(H,24,25)/b7-4-/t15-,16?,17+,18+,19?,21?/m0/s1. The average molecular weight is 369 g/mol. The summed E-state index contributed by atoms with van der Waals surface area (Å²) in [6.07, 6.45) is 13.1. The highest BCUT2D eigenvalue weighted by Gasteiger charge is 2.53. The van der Waals surface area contributed by atoms with Gasteiger partial charge in [-0.15, -0.1) is 0 Å². The highest BCUT2D eigenvalue weighted by molar-refractivity contribution is 5.66. The second kappa shape index (κ2) is 11.1. The van der Waals surface area contributed by atoms with E-state index in [0.717, 1.165) is 57.8 Å². The third-order valence-corrected chi connectivity index (χ3v) is 5.87. The van der Waals surface area contributed by atoms with Crippen LogP contribution in [0.15, 0.2) is 12.2 Å². The molecule has 0 aromatic rings. The van der Waals surface area contributed by atoms with Crippen LogP contribution in [0.1, 0.15) is 77.6 Å². The number of hydrogen-bond acceptors (Lipinski definition) is 4. The Morgan fingerprint density at radius 3 is 2.73 bits per heavy atom. The molecule has 5 nitrogen and oxygen atoms in total. The third kappa shape index (κ3) is 7.01. The Balaban J connectivity index is 1.76. The lowest BCUT2D eigenvalue weighted by molar-refractivity contribution is -0.137. The first-order valence-corrected chi connectivity index (χ1v) is 10.4. The first-order valence-electron chi connectivity index (χ1n) is 10.4. The quantitative estimate of drug-likeness (QED) is 0.262. The number of unbranched alkanes of at least 4 members (excludes halogenated alkanes) is 3. The number of carboxylic acid groups (broad SMARTS) is 1. The molecule has 2 rings (SSSR count). The van der Waals surface area contributed by atoms with Gasteiger partial charge in [-0.3, -0.25) is 4.79 Å². The molecule has 0 radical (unpaired) electrons. The van der Waals surface area contributed by atoms with Crippen molar-refractivity contribution in [2.75, 3.05) is 0 Å². The van der Waals surface area contributed by atoms with Gasteiger partial charge in [0.25, 0.3) is 0 Å². The number of rotatable bonds is 13. The summed E-state index contributed by atoms with van der Waals surface area (Å²) in [5.41, 5.74) is 0. The zero-order valence-electron chi connectivity index (χ0n) is 16.1. The smallest absolute Gasteiger partial charge is 0.303 e. The van der Waals surface area contributed by atoms with Crippen LogP contribution in [0.2, 0.25) is 0 Å². The summed E-state index contributed by atoms with van der Waals surface area (Å²) >= 11 is 0. The molecule has 0 aromatic carbocycles. The minimum Gasteiger partial charge on any atom is -0.481 e. The number of allylic oxidation sites excluding steroid dienone is 2. The van der Waals surface area contributed by atoms with Crippen molar-refractivity contribution < 1.29 is 24.9 Å². The number of ether oxygens (including phenoxy) is 1. The summed E-state index contributed by atoms with van der Waals surface area (Å²) in [5, 5.41) is 29.4. The fourth-order valence-corrected chi connectivity index (χ4v) is 4.28. The molecule has 26 heavy (non-hydrogen) atoms. The lowest BCUT2D eigenvalue weighted by Gasteiger charge is -2.33. The highest BCUT2D eigenvalue weighted by Crippen LogP contribution is 2.47. The zero-order chi connectivity index (χ0) is 18.9. The molecule has 1 aliphatic carbocycles. The van der Waals surface area contributed by atoms with Gasteiger partial charge in [0.2, 0.25) is 0 Å². The van der Waals surface area contributed by atoms with Crippen molar-refractivity contribution in [2.24, 2.45) is 11.8 Å². The molecule has 0 bridgehead atoms. The fourth-order valence-electron chi connectivity index (χ4n) is 4.28. The van der Waals surface area contributed by atoms with Gasteiger partial charge in [-0.2, -0.15) is 0 Å². The number of fused-ring (bicyclic) bond motifs is 1. The summed E-state index contributed by atoms with van der Waals surface area (Å²) < 4.78 is 5.75. The van der Waals surface area contributed by atoms with Crippen molar-refractivity contribution in [3.05, 3.63) is 12.2 Å². The normalized spacial score (nSPS) is 31.7. The molecule has 5 heteroatoms. The Morgan fingerprint density at radius 2 is 2.00 bits per heavy atom. The number of aliphatic carboxylic acids is 1. The SMILES string of the molecule is CCCCC[C@H](O)CCC1[C@@H](C/C=C\CCCC(=O)O)C2OC2C[C@H]1O. The Labute approximate surface area is 157 Å². The predicted octanol–water partition coefficient (Wildman–Crippen LogP) is 3.67. The Bertz CT molecular complexity index is 450. The van der Waals surface area contributed by atoms with Crippen LogP contribution in [-0.2, 0) is 9.53 Å². The second-order valence-corrected chi connectivity index (χ2v) is 7.99. The zero-order valence-corrected chi connectivity index (χ0v) is 16.1. The van der Waals surface area contributed by atoms with Crippen LogP contribution < -0.4 is 0 Å². The van der Waals surface area contributed by atoms with E-state index in [1.54, 1.807) is 0 Å². The van der Waals surface area contributed by atoms with Crippen LogP contribution in [0.3, 0.4) is 0 Å². The third-order valence-electron chi connectivity index (χ3n) is 5.87. The minimum absolute atomic E-state index is 0.184. The van der Waals surface area contributed by atoms with Crippen LogP contribution in [0.4, 0.5) is 0 Å². The van der Waals surface area contributed by atoms with E-state index in [0.29, 0.717) is 12.3 Å². The summed E-state index contributed by atoms with van der Waals surface area (Å²) in [6, 6.07) is 0. The fraction of sp³-hybridized carbons (Fsp3) is 0.857. The molecule has 3 N–H and O–H groups in total. The number of aliphatic hydroxyl groups is 2. The predicted molar refractivity (Wildman–Crippen MR) is 101 cm³/mol. The molecular formula is C21H36O5. The van der Waals surface area contributed by atoms with E-state index in [1.807, 2.05) is 0 Å². The average Bonchev–Trinajstić information content (AvgIpc) is 3.35. The maximum absolute atomic E-state index is 10.5. The van der Waals surface area contributed by atoms with Gasteiger partial charge in [0, 0.05) is 12.8 Å². The van der Waals surface area contributed by atoms with Crippen LogP contribution in [0, 0.1) is 11.8 Å². The Morgan fingerprint density at radius 1 is 1.19 bits per heavy atom. The lowest BCUT2D eigenvalue weighted by atomic mass is 9.73. The number of carboxylic acids is 1. The van der Waals surface area contributed by atoms with Crippen LogP contribution >= 0.6 is 0 Å². The van der Waals surface area contributed by atoms with Crippen molar-refractivity contribution in [1.82, 2.24) is 0 Å². The van der Waals surface area contributed by atoms with E-state index in [1.165, 1.54) is 0 Å². The molecule has 1 heterocycles. The van der Waals surface area contributed by atoms with Crippen molar-refractivity contribution in [3.8, 4) is 0 Å². The molecule has 3 unspecified atom stereocenters. The molecule has 1 aliphatic heterocycles. The van der Waals surface area contributed by atoms with Crippen LogP contribution in [0.5, 0.6) is 0 Å². The summed E-state index contributed by atoms with van der Waals surface area (Å²) in [6.45, 7) is 2.16.